The van der Waals surface area contributed by atoms with E-state index in [0.29, 0.717) is 0 Å². The third-order valence-electron chi connectivity index (χ3n) is 0.289. The van der Waals surface area contributed by atoms with E-state index in [0.717, 1.165) is 6.42 Å². The lowest BCUT2D eigenvalue weighted by atomic mass is 10.5. The molecule has 0 heterocycles. The molecule has 0 aliphatic carbocycles. The minimum atomic E-state index is 1.08. The zero-order chi connectivity index (χ0) is 12.8. The first-order valence-electron chi connectivity index (χ1n) is 6.35. The van der Waals surface area contributed by atoms with Gasteiger partial charge in [-0.2, -0.15) is 0 Å². The first-order chi connectivity index (χ1) is 6.74. The van der Waals surface area contributed by atoms with Crippen LogP contribution in [0.3, 0.4) is 0 Å². The van der Waals surface area contributed by atoms with E-state index < -0.39 is 0 Å². The van der Waals surface area contributed by atoms with Crippen molar-refractivity contribution in [2.75, 3.05) is 0 Å². The summed E-state index contributed by atoms with van der Waals surface area (Å²) in [6.45, 7) is 22.0. The van der Waals surface area contributed by atoms with Crippen LogP contribution < -0.4 is 0 Å². The molecular formula is C14H36. The maximum Gasteiger partial charge on any atom is -0.0382 e. The van der Waals surface area contributed by atoms with Crippen LogP contribution >= 0.6 is 0 Å². The molecule has 0 bridgehead atoms. The van der Waals surface area contributed by atoms with E-state index >= 15 is 0 Å². The van der Waals surface area contributed by atoms with Crippen LogP contribution in [-0.4, -0.2) is 0 Å². The molecule has 0 aliphatic heterocycles. The molecule has 0 aromatic rings. The Morgan fingerprint density at radius 1 is 0.714 bits per heavy atom. The highest BCUT2D eigenvalue weighted by molar-refractivity contribution is 4.60. The molecular weight excluding hydrogens is 168 g/mol. The molecule has 0 aliphatic rings. The first kappa shape index (κ1) is 29.2. The number of rotatable bonds is 1. The summed E-state index contributed by atoms with van der Waals surface area (Å²) in [6, 6.07) is 0. The van der Waals surface area contributed by atoms with E-state index in [1.807, 2.05) is 33.8 Å². The van der Waals surface area contributed by atoms with Crippen LogP contribution in [0.1, 0.15) is 81.6 Å². The maximum atomic E-state index is 3.48. The zero-order valence-corrected chi connectivity index (χ0v) is 12.4. The van der Waals surface area contributed by atoms with Crippen LogP contribution in [0.2, 0.25) is 0 Å². The normalized spacial score (nSPS) is 5.21. The zero-order valence-electron chi connectivity index (χ0n) is 12.4. The highest BCUT2D eigenvalue weighted by atomic mass is 13.5. The van der Waals surface area contributed by atoms with Crippen LogP contribution in [0, 0.1) is 0 Å². The van der Waals surface area contributed by atoms with E-state index in [2.05, 4.69) is 41.2 Å². The Morgan fingerprint density at radius 2 is 0.786 bits per heavy atom. The van der Waals surface area contributed by atoms with Crippen LogP contribution in [0.15, 0.2) is 12.7 Å². The molecule has 0 aromatic heterocycles. The molecule has 0 atom stereocenters. The highest BCUT2D eigenvalue weighted by Crippen LogP contribution is 1.66. The predicted molar refractivity (Wildman–Crippen MR) is 75.1 cm³/mol. The Bertz CT molecular complexity index is 27.0. The molecule has 0 fully saturated rings. The van der Waals surface area contributed by atoms with E-state index in [4.69, 9.17) is 0 Å². The summed E-state index contributed by atoms with van der Waals surface area (Å²) >= 11 is 0. The SMILES string of the molecule is C=CCC.CC.CC.CCC.CCC. The van der Waals surface area contributed by atoms with E-state index in [1.54, 1.807) is 0 Å². The van der Waals surface area contributed by atoms with Gasteiger partial charge in [0.25, 0.3) is 0 Å². The summed E-state index contributed by atoms with van der Waals surface area (Å²) in [5.41, 5.74) is 0. The van der Waals surface area contributed by atoms with Crippen molar-refractivity contribution in [3.63, 3.8) is 0 Å². The molecule has 0 saturated carbocycles. The highest BCUT2D eigenvalue weighted by Gasteiger charge is 1.45. The Morgan fingerprint density at radius 3 is 0.786 bits per heavy atom. The predicted octanol–water partition coefficient (Wildman–Crippen LogP) is 6.47. The van der Waals surface area contributed by atoms with Crippen LogP contribution in [0.4, 0.5) is 0 Å². The van der Waals surface area contributed by atoms with Gasteiger partial charge in [0.2, 0.25) is 0 Å². The summed E-state index contributed by atoms with van der Waals surface area (Å²) in [5, 5.41) is 0. The van der Waals surface area contributed by atoms with Crippen molar-refractivity contribution in [2.45, 2.75) is 81.6 Å². The van der Waals surface area contributed by atoms with Crippen molar-refractivity contribution in [3.8, 4) is 0 Å². The van der Waals surface area contributed by atoms with Gasteiger partial charge in [0.05, 0.1) is 0 Å². The second-order valence-corrected chi connectivity index (χ2v) is 2.11. The summed E-state index contributed by atoms with van der Waals surface area (Å²) < 4.78 is 0. The summed E-state index contributed by atoms with van der Waals surface area (Å²) in [6.07, 6.45) is 5.46. The monoisotopic (exact) mass is 204 g/mol. The van der Waals surface area contributed by atoms with Crippen LogP contribution in [0.5, 0.6) is 0 Å². The molecule has 0 amide bonds. The Kier molecular flexibility index (Phi) is 262. The van der Waals surface area contributed by atoms with Crippen molar-refractivity contribution in [3.05, 3.63) is 12.7 Å². The van der Waals surface area contributed by atoms with E-state index in [9.17, 15) is 0 Å². The topological polar surface area (TPSA) is 0 Å². The average molecular weight is 204 g/mol. The van der Waals surface area contributed by atoms with Gasteiger partial charge in [-0.15, -0.1) is 6.58 Å². The third kappa shape index (κ3) is 2470. The maximum absolute atomic E-state index is 3.48. The molecule has 14 heavy (non-hydrogen) atoms. The van der Waals surface area contributed by atoms with Gasteiger partial charge < -0.3 is 0 Å². The molecule has 0 saturated heterocycles. The minimum Gasteiger partial charge on any atom is -0.103 e. The molecule has 0 radical (unpaired) electrons. The van der Waals surface area contributed by atoms with Crippen LogP contribution in [0.25, 0.3) is 0 Å². The number of hydrogen-bond donors (Lipinski definition) is 0. The summed E-state index contributed by atoms with van der Waals surface area (Å²) in [7, 11) is 0. The Hall–Kier alpha value is -0.260. The van der Waals surface area contributed by atoms with Gasteiger partial charge in [0.15, 0.2) is 0 Å². The van der Waals surface area contributed by atoms with Crippen molar-refractivity contribution in [1.29, 1.82) is 0 Å². The average Bonchev–Trinajstić information content (AvgIpc) is 2.26. The van der Waals surface area contributed by atoms with Gasteiger partial charge in [-0.3, -0.25) is 0 Å². The Balaban J connectivity index is -0.0000000249. The lowest BCUT2D eigenvalue weighted by molar-refractivity contribution is 1.09. The standard InChI is InChI=1S/C4H8.2C3H8.2C2H6/c1-3-4-2;2*1-3-2;2*1-2/h3H,1,4H2,2H3;2*3H2,1-2H3;2*1-2H3. The van der Waals surface area contributed by atoms with Crippen molar-refractivity contribution >= 4 is 0 Å². The number of allylic oxidation sites excluding steroid dienone is 1. The number of hydrogen-bond acceptors (Lipinski definition) is 0. The van der Waals surface area contributed by atoms with E-state index in [-0.39, 0.29) is 0 Å². The first-order valence-corrected chi connectivity index (χ1v) is 6.35. The molecule has 0 unspecified atom stereocenters. The Labute approximate surface area is 94.8 Å². The largest absolute Gasteiger partial charge is 0.103 e. The van der Waals surface area contributed by atoms with Crippen molar-refractivity contribution in [2.24, 2.45) is 0 Å². The molecule has 0 aromatic carbocycles. The van der Waals surface area contributed by atoms with Gasteiger partial charge in [0, 0.05) is 0 Å². The fraction of sp³-hybridized carbons (Fsp3) is 0.857. The van der Waals surface area contributed by atoms with Gasteiger partial charge in [-0.25, -0.2) is 0 Å². The lowest BCUT2D eigenvalue weighted by Crippen LogP contribution is -1.36. The second kappa shape index (κ2) is 126. The fourth-order valence-corrected chi connectivity index (χ4v) is 0. The molecule has 0 spiro atoms. The third-order valence-corrected chi connectivity index (χ3v) is 0.289. The second-order valence-electron chi connectivity index (χ2n) is 2.11. The summed E-state index contributed by atoms with van der Waals surface area (Å²) in [4.78, 5) is 0. The van der Waals surface area contributed by atoms with Crippen molar-refractivity contribution in [1.82, 2.24) is 0 Å². The smallest absolute Gasteiger partial charge is 0.0382 e. The summed E-state index contributed by atoms with van der Waals surface area (Å²) in [5.74, 6) is 0. The van der Waals surface area contributed by atoms with Gasteiger partial charge in [-0.1, -0.05) is 81.2 Å². The molecule has 92 valence electrons. The minimum absolute atomic E-state index is 1.08. The molecule has 0 heteroatoms. The fourth-order valence-electron chi connectivity index (χ4n) is 0. The van der Waals surface area contributed by atoms with E-state index in [1.165, 1.54) is 12.8 Å². The molecule has 0 rings (SSSR count). The molecule has 0 N–H and O–H groups in total. The van der Waals surface area contributed by atoms with Gasteiger partial charge >= 0.3 is 0 Å². The van der Waals surface area contributed by atoms with Gasteiger partial charge in [0.1, 0.15) is 0 Å². The van der Waals surface area contributed by atoms with Crippen LogP contribution in [-0.2, 0) is 0 Å². The van der Waals surface area contributed by atoms with Crippen molar-refractivity contribution < 1.29 is 0 Å². The molecule has 0 nitrogen and oxygen atoms in total. The van der Waals surface area contributed by atoms with Gasteiger partial charge in [-0.05, 0) is 6.42 Å². The quantitative estimate of drug-likeness (QED) is 0.429. The lowest BCUT2D eigenvalue weighted by Gasteiger charge is -1.57.